The average Bonchev–Trinajstić information content (AvgIpc) is 2.83. The van der Waals surface area contributed by atoms with Gasteiger partial charge in [0.1, 0.15) is 0 Å². The van der Waals surface area contributed by atoms with Crippen LogP contribution in [0.5, 0.6) is 0 Å². The van der Waals surface area contributed by atoms with Gasteiger partial charge in [-0.3, -0.25) is 4.90 Å². The van der Waals surface area contributed by atoms with Crippen molar-refractivity contribution in [1.82, 2.24) is 15.4 Å². The van der Waals surface area contributed by atoms with E-state index in [9.17, 15) is 0 Å². The molecule has 0 bridgehead atoms. The molecule has 5 heteroatoms. The SMILES string of the molecule is CCCNCc1cc(CN2CCSC(C)C2C)on1. The second-order valence-corrected chi connectivity index (χ2v) is 6.73. The Balaban J connectivity index is 1.85. The summed E-state index contributed by atoms with van der Waals surface area (Å²) >= 11 is 2.06. The molecule has 2 rings (SSSR count). The normalized spacial score (nSPS) is 24.8. The molecule has 2 unspecified atom stereocenters. The Hall–Kier alpha value is -0.520. The van der Waals surface area contributed by atoms with Gasteiger partial charge in [-0.1, -0.05) is 19.0 Å². The Morgan fingerprint density at radius 3 is 3.16 bits per heavy atom. The summed E-state index contributed by atoms with van der Waals surface area (Å²) in [5.41, 5.74) is 1.01. The van der Waals surface area contributed by atoms with Crippen molar-refractivity contribution < 1.29 is 4.52 Å². The fourth-order valence-corrected chi connectivity index (χ4v) is 3.49. The zero-order chi connectivity index (χ0) is 13.7. The Bertz CT molecular complexity index is 383. The van der Waals surface area contributed by atoms with Crippen LogP contribution in [0, 0.1) is 0 Å². The molecule has 1 aliphatic rings. The number of aromatic nitrogens is 1. The molecule has 0 aliphatic carbocycles. The van der Waals surface area contributed by atoms with Gasteiger partial charge in [0.25, 0.3) is 0 Å². The molecule has 1 saturated heterocycles. The summed E-state index contributed by atoms with van der Waals surface area (Å²) < 4.78 is 5.44. The van der Waals surface area contributed by atoms with Gasteiger partial charge in [0.15, 0.2) is 5.76 Å². The quantitative estimate of drug-likeness (QED) is 0.812. The highest BCUT2D eigenvalue weighted by atomic mass is 32.2. The smallest absolute Gasteiger partial charge is 0.151 e. The molecule has 1 aromatic rings. The molecule has 19 heavy (non-hydrogen) atoms. The van der Waals surface area contributed by atoms with E-state index in [4.69, 9.17) is 4.52 Å². The monoisotopic (exact) mass is 283 g/mol. The van der Waals surface area contributed by atoms with Gasteiger partial charge in [-0.2, -0.15) is 11.8 Å². The predicted octanol–water partition coefficient (Wildman–Crippen LogP) is 2.50. The van der Waals surface area contributed by atoms with Gasteiger partial charge in [0.2, 0.25) is 0 Å². The van der Waals surface area contributed by atoms with E-state index in [2.05, 4.69) is 54.0 Å². The molecular weight excluding hydrogens is 258 g/mol. The minimum Gasteiger partial charge on any atom is -0.360 e. The molecule has 1 fully saturated rings. The first kappa shape index (κ1) is 14.9. The van der Waals surface area contributed by atoms with Crippen LogP contribution in [0.2, 0.25) is 0 Å². The van der Waals surface area contributed by atoms with Gasteiger partial charge in [-0.15, -0.1) is 0 Å². The highest BCUT2D eigenvalue weighted by Crippen LogP contribution is 2.25. The highest BCUT2D eigenvalue weighted by molar-refractivity contribution is 8.00. The van der Waals surface area contributed by atoms with Crippen LogP contribution >= 0.6 is 11.8 Å². The summed E-state index contributed by atoms with van der Waals surface area (Å²) in [6.07, 6.45) is 1.14. The van der Waals surface area contributed by atoms with Crippen molar-refractivity contribution in [2.24, 2.45) is 0 Å². The number of rotatable bonds is 6. The van der Waals surface area contributed by atoms with E-state index in [1.165, 1.54) is 5.75 Å². The van der Waals surface area contributed by atoms with E-state index in [1.54, 1.807) is 0 Å². The van der Waals surface area contributed by atoms with Crippen molar-refractivity contribution in [1.29, 1.82) is 0 Å². The topological polar surface area (TPSA) is 41.3 Å². The van der Waals surface area contributed by atoms with E-state index < -0.39 is 0 Å². The van der Waals surface area contributed by atoms with Crippen LogP contribution in [0.3, 0.4) is 0 Å². The Kier molecular flexibility index (Phi) is 5.73. The first-order chi connectivity index (χ1) is 9.20. The minimum absolute atomic E-state index is 0.602. The van der Waals surface area contributed by atoms with E-state index in [-0.39, 0.29) is 0 Å². The average molecular weight is 283 g/mol. The van der Waals surface area contributed by atoms with Crippen molar-refractivity contribution in [3.05, 3.63) is 17.5 Å². The van der Waals surface area contributed by atoms with Gasteiger partial charge in [-0.25, -0.2) is 0 Å². The lowest BCUT2D eigenvalue weighted by molar-refractivity contribution is 0.181. The summed E-state index contributed by atoms with van der Waals surface area (Å²) in [6.45, 7) is 10.6. The van der Waals surface area contributed by atoms with Gasteiger partial charge in [0, 0.05) is 36.2 Å². The van der Waals surface area contributed by atoms with Crippen molar-refractivity contribution in [2.75, 3.05) is 18.8 Å². The summed E-state index contributed by atoms with van der Waals surface area (Å²) in [7, 11) is 0. The van der Waals surface area contributed by atoms with Crippen LogP contribution < -0.4 is 5.32 Å². The molecule has 0 radical (unpaired) electrons. The largest absolute Gasteiger partial charge is 0.360 e. The van der Waals surface area contributed by atoms with Crippen LogP contribution in [0.25, 0.3) is 0 Å². The summed E-state index contributed by atoms with van der Waals surface area (Å²) in [5.74, 6) is 2.20. The van der Waals surface area contributed by atoms with Gasteiger partial charge >= 0.3 is 0 Å². The zero-order valence-electron chi connectivity index (χ0n) is 12.2. The number of nitrogens with one attached hydrogen (secondary N) is 1. The van der Waals surface area contributed by atoms with Crippen LogP contribution in [0.1, 0.15) is 38.6 Å². The standard InChI is InChI=1S/C14H25N3OS/c1-4-5-15-9-13-8-14(18-16-13)10-17-6-7-19-12(3)11(17)2/h8,11-12,15H,4-7,9-10H2,1-3H3. The maximum Gasteiger partial charge on any atom is 0.151 e. The van der Waals surface area contributed by atoms with Crippen molar-refractivity contribution in [3.63, 3.8) is 0 Å². The molecule has 2 heterocycles. The first-order valence-electron chi connectivity index (χ1n) is 7.21. The van der Waals surface area contributed by atoms with Crippen LogP contribution in [-0.4, -0.2) is 40.2 Å². The zero-order valence-corrected chi connectivity index (χ0v) is 13.0. The second-order valence-electron chi connectivity index (χ2n) is 5.25. The fourth-order valence-electron chi connectivity index (χ4n) is 2.33. The van der Waals surface area contributed by atoms with Crippen molar-refractivity contribution >= 4 is 11.8 Å². The van der Waals surface area contributed by atoms with Crippen LogP contribution in [0.4, 0.5) is 0 Å². The summed E-state index contributed by atoms with van der Waals surface area (Å²) in [6, 6.07) is 2.69. The first-order valence-corrected chi connectivity index (χ1v) is 8.26. The summed E-state index contributed by atoms with van der Waals surface area (Å²) in [5, 5.41) is 8.17. The Morgan fingerprint density at radius 2 is 2.37 bits per heavy atom. The van der Waals surface area contributed by atoms with Gasteiger partial charge < -0.3 is 9.84 Å². The number of hydrogen-bond donors (Lipinski definition) is 1. The highest BCUT2D eigenvalue weighted by Gasteiger charge is 2.25. The predicted molar refractivity (Wildman–Crippen MR) is 80.3 cm³/mol. The minimum atomic E-state index is 0.602. The fraction of sp³-hybridized carbons (Fsp3) is 0.786. The second kappa shape index (κ2) is 7.31. The Morgan fingerprint density at radius 1 is 1.53 bits per heavy atom. The van der Waals surface area contributed by atoms with Gasteiger partial charge in [-0.05, 0) is 19.9 Å². The van der Waals surface area contributed by atoms with E-state index in [0.717, 1.165) is 44.1 Å². The maximum atomic E-state index is 5.44. The van der Waals surface area contributed by atoms with Gasteiger partial charge in [0.05, 0.1) is 12.2 Å². The molecule has 1 aliphatic heterocycles. The molecule has 0 spiro atoms. The number of nitrogens with zero attached hydrogens (tertiary/aromatic N) is 2. The number of hydrogen-bond acceptors (Lipinski definition) is 5. The van der Waals surface area contributed by atoms with Crippen LogP contribution in [0.15, 0.2) is 10.6 Å². The van der Waals surface area contributed by atoms with E-state index in [1.807, 2.05) is 0 Å². The van der Waals surface area contributed by atoms with E-state index in [0.29, 0.717) is 11.3 Å². The molecule has 1 N–H and O–H groups in total. The maximum absolute atomic E-state index is 5.44. The molecule has 1 aromatic heterocycles. The summed E-state index contributed by atoms with van der Waals surface area (Å²) in [4.78, 5) is 2.49. The molecule has 108 valence electrons. The van der Waals surface area contributed by atoms with Crippen molar-refractivity contribution in [2.45, 2.75) is 51.6 Å². The molecule has 4 nitrogen and oxygen atoms in total. The lowest BCUT2D eigenvalue weighted by Gasteiger charge is -2.36. The third-order valence-electron chi connectivity index (χ3n) is 3.71. The third-order valence-corrected chi connectivity index (χ3v) is 5.05. The molecule has 0 saturated carbocycles. The Labute approximate surface area is 120 Å². The molecule has 0 amide bonds. The number of thioether (sulfide) groups is 1. The van der Waals surface area contributed by atoms with Crippen LogP contribution in [-0.2, 0) is 13.1 Å². The molecule has 2 atom stereocenters. The third kappa shape index (κ3) is 4.23. The molecular formula is C14H25N3OS. The lowest BCUT2D eigenvalue weighted by atomic mass is 10.2. The molecule has 0 aromatic carbocycles. The lowest BCUT2D eigenvalue weighted by Crippen LogP contribution is -2.43. The van der Waals surface area contributed by atoms with Crippen molar-refractivity contribution in [3.8, 4) is 0 Å². The van der Waals surface area contributed by atoms with E-state index >= 15 is 0 Å².